The topological polar surface area (TPSA) is 42.0 Å². The molecule has 26 heavy (non-hydrogen) atoms. The van der Waals surface area contributed by atoms with E-state index in [-0.39, 0.29) is 11.8 Å². The second-order valence-corrected chi connectivity index (χ2v) is 7.66. The molecular weight excluding hydrogens is 320 g/mol. The van der Waals surface area contributed by atoms with Crippen molar-refractivity contribution in [2.24, 2.45) is 5.92 Å². The molecule has 0 aliphatic heterocycles. The van der Waals surface area contributed by atoms with Crippen LogP contribution in [0.3, 0.4) is 0 Å². The van der Waals surface area contributed by atoms with Crippen LogP contribution in [-0.4, -0.2) is 10.9 Å². The molecule has 0 radical (unpaired) electrons. The van der Waals surface area contributed by atoms with E-state index in [1.54, 1.807) is 0 Å². The van der Waals surface area contributed by atoms with Crippen molar-refractivity contribution < 1.29 is 4.79 Å². The SMILES string of the molecule is Cc1cncc2ccc(NC(=O)[C@@H]3C[C@H]3c3cccc(C(C)C)c3)cc12. The van der Waals surface area contributed by atoms with Crippen molar-refractivity contribution in [2.75, 3.05) is 5.32 Å². The van der Waals surface area contributed by atoms with Crippen LogP contribution in [0.1, 0.15) is 48.8 Å². The molecule has 3 nitrogen and oxygen atoms in total. The van der Waals surface area contributed by atoms with Gasteiger partial charge < -0.3 is 5.32 Å². The van der Waals surface area contributed by atoms with E-state index < -0.39 is 0 Å². The maximum atomic E-state index is 12.7. The molecule has 1 saturated carbocycles. The lowest BCUT2D eigenvalue weighted by atomic mass is 9.98. The summed E-state index contributed by atoms with van der Waals surface area (Å²) in [6.07, 6.45) is 4.64. The third-order valence-electron chi connectivity index (χ3n) is 5.36. The lowest BCUT2D eigenvalue weighted by molar-refractivity contribution is -0.117. The number of rotatable bonds is 4. The van der Waals surface area contributed by atoms with Crippen LogP contribution in [0, 0.1) is 12.8 Å². The molecule has 1 aliphatic rings. The lowest BCUT2D eigenvalue weighted by Crippen LogP contribution is -2.14. The molecule has 0 unspecified atom stereocenters. The zero-order valence-electron chi connectivity index (χ0n) is 15.5. The Labute approximate surface area is 154 Å². The van der Waals surface area contributed by atoms with Crippen LogP contribution in [-0.2, 0) is 4.79 Å². The van der Waals surface area contributed by atoms with E-state index in [0.717, 1.165) is 28.4 Å². The van der Waals surface area contributed by atoms with Crippen molar-refractivity contribution in [3.8, 4) is 0 Å². The van der Waals surface area contributed by atoms with Gasteiger partial charge in [-0.2, -0.15) is 0 Å². The molecule has 1 aromatic heterocycles. The Balaban J connectivity index is 1.48. The Kier molecular flexibility index (Phi) is 4.23. The number of anilines is 1. The number of aromatic nitrogens is 1. The second kappa shape index (κ2) is 6.56. The summed E-state index contributed by atoms with van der Waals surface area (Å²) in [6, 6.07) is 14.7. The Hall–Kier alpha value is -2.68. The van der Waals surface area contributed by atoms with E-state index in [1.807, 2.05) is 37.5 Å². The fourth-order valence-electron chi connectivity index (χ4n) is 3.62. The summed E-state index contributed by atoms with van der Waals surface area (Å²) in [5, 5.41) is 5.33. The summed E-state index contributed by atoms with van der Waals surface area (Å²) in [5.74, 6) is 1.05. The van der Waals surface area contributed by atoms with Gasteiger partial charge in [-0.1, -0.05) is 44.2 Å². The molecule has 3 aromatic rings. The number of carbonyl (C=O) groups excluding carboxylic acids is 1. The predicted octanol–water partition coefficient (Wildman–Crippen LogP) is 5.41. The number of nitrogens with zero attached hydrogens (tertiary/aromatic N) is 1. The number of carbonyl (C=O) groups is 1. The summed E-state index contributed by atoms with van der Waals surface area (Å²) in [4.78, 5) is 16.9. The van der Waals surface area contributed by atoms with Gasteiger partial charge in [0.15, 0.2) is 0 Å². The van der Waals surface area contributed by atoms with Crippen molar-refractivity contribution in [1.82, 2.24) is 4.98 Å². The lowest BCUT2D eigenvalue weighted by Gasteiger charge is -2.09. The zero-order valence-corrected chi connectivity index (χ0v) is 15.5. The van der Waals surface area contributed by atoms with E-state index in [4.69, 9.17) is 0 Å². The first kappa shape index (κ1) is 16.8. The third-order valence-corrected chi connectivity index (χ3v) is 5.36. The number of hydrogen-bond donors (Lipinski definition) is 1. The van der Waals surface area contributed by atoms with Crippen molar-refractivity contribution in [2.45, 2.75) is 39.0 Å². The molecule has 2 aromatic carbocycles. The van der Waals surface area contributed by atoms with Gasteiger partial charge in [-0.3, -0.25) is 9.78 Å². The fraction of sp³-hybridized carbons (Fsp3) is 0.304. The van der Waals surface area contributed by atoms with Crippen molar-refractivity contribution in [1.29, 1.82) is 0 Å². The average Bonchev–Trinajstić information content (AvgIpc) is 3.43. The number of pyridine rings is 1. The molecule has 0 saturated heterocycles. The molecule has 1 heterocycles. The Morgan fingerprint density at radius 1 is 1.15 bits per heavy atom. The summed E-state index contributed by atoms with van der Waals surface area (Å²) in [6.45, 7) is 6.44. The minimum atomic E-state index is 0.0756. The van der Waals surface area contributed by atoms with Crippen LogP contribution in [0.4, 0.5) is 5.69 Å². The average molecular weight is 344 g/mol. The molecule has 2 atom stereocenters. The van der Waals surface area contributed by atoms with Gasteiger partial charge in [0, 0.05) is 29.4 Å². The molecule has 0 bridgehead atoms. The largest absolute Gasteiger partial charge is 0.326 e. The summed E-state index contributed by atoms with van der Waals surface area (Å²) < 4.78 is 0. The standard InChI is InChI=1S/C23H24N2O/c1-14(2)16-5-4-6-17(9-16)21-11-22(21)23(26)25-19-8-7-18-13-24-12-15(3)20(18)10-19/h4-10,12-14,21-22H,11H2,1-3H3,(H,25,26)/t21-,22+/m0/s1. The van der Waals surface area contributed by atoms with Gasteiger partial charge in [0.05, 0.1) is 0 Å². The minimum absolute atomic E-state index is 0.0756. The number of amides is 1. The van der Waals surface area contributed by atoms with Crippen molar-refractivity contribution in [3.05, 3.63) is 71.5 Å². The highest BCUT2D eigenvalue weighted by Crippen LogP contribution is 2.48. The quantitative estimate of drug-likeness (QED) is 0.687. The van der Waals surface area contributed by atoms with Crippen molar-refractivity contribution >= 4 is 22.4 Å². The number of fused-ring (bicyclic) bond motifs is 1. The van der Waals surface area contributed by atoms with E-state index >= 15 is 0 Å². The summed E-state index contributed by atoms with van der Waals surface area (Å²) in [5.41, 5.74) is 4.61. The maximum absolute atomic E-state index is 12.7. The van der Waals surface area contributed by atoms with Crippen LogP contribution in [0.15, 0.2) is 54.9 Å². The van der Waals surface area contributed by atoms with E-state index in [2.05, 4.69) is 48.4 Å². The Morgan fingerprint density at radius 2 is 2.00 bits per heavy atom. The van der Waals surface area contributed by atoms with Gasteiger partial charge in [-0.15, -0.1) is 0 Å². The van der Waals surface area contributed by atoms with Gasteiger partial charge in [-0.25, -0.2) is 0 Å². The molecule has 3 heteroatoms. The molecule has 1 amide bonds. The maximum Gasteiger partial charge on any atom is 0.228 e. The highest BCUT2D eigenvalue weighted by Gasteiger charge is 2.44. The fourth-order valence-corrected chi connectivity index (χ4v) is 3.62. The van der Waals surface area contributed by atoms with Gasteiger partial charge in [0.1, 0.15) is 0 Å². The van der Waals surface area contributed by atoms with Crippen LogP contribution >= 0.6 is 0 Å². The normalized spacial score (nSPS) is 18.9. The number of hydrogen-bond acceptors (Lipinski definition) is 2. The van der Waals surface area contributed by atoms with Gasteiger partial charge in [0.2, 0.25) is 5.91 Å². The number of nitrogens with one attached hydrogen (secondary N) is 1. The molecule has 1 aliphatic carbocycles. The highest BCUT2D eigenvalue weighted by atomic mass is 16.2. The first-order chi connectivity index (χ1) is 12.5. The van der Waals surface area contributed by atoms with Crippen LogP contribution in [0.25, 0.3) is 10.8 Å². The number of benzene rings is 2. The predicted molar refractivity (Wildman–Crippen MR) is 106 cm³/mol. The zero-order chi connectivity index (χ0) is 18.3. The number of aryl methyl sites for hydroxylation is 1. The van der Waals surface area contributed by atoms with Crippen LogP contribution in [0.5, 0.6) is 0 Å². The van der Waals surface area contributed by atoms with E-state index in [1.165, 1.54) is 11.1 Å². The van der Waals surface area contributed by atoms with Crippen LogP contribution in [0.2, 0.25) is 0 Å². The van der Waals surface area contributed by atoms with Crippen molar-refractivity contribution in [3.63, 3.8) is 0 Å². The molecule has 132 valence electrons. The van der Waals surface area contributed by atoms with Gasteiger partial charge in [-0.05, 0) is 59.4 Å². The molecule has 1 N–H and O–H groups in total. The Bertz CT molecular complexity index is 977. The van der Waals surface area contributed by atoms with Crippen LogP contribution < -0.4 is 5.32 Å². The molecule has 1 fully saturated rings. The van der Waals surface area contributed by atoms with E-state index in [0.29, 0.717) is 11.8 Å². The second-order valence-electron chi connectivity index (χ2n) is 7.66. The highest BCUT2D eigenvalue weighted by molar-refractivity contribution is 5.97. The smallest absolute Gasteiger partial charge is 0.228 e. The molecule has 4 rings (SSSR count). The monoisotopic (exact) mass is 344 g/mol. The first-order valence-electron chi connectivity index (χ1n) is 9.28. The molecular formula is C23H24N2O. The first-order valence-corrected chi connectivity index (χ1v) is 9.28. The summed E-state index contributed by atoms with van der Waals surface area (Å²) in [7, 11) is 0. The Morgan fingerprint density at radius 3 is 2.81 bits per heavy atom. The summed E-state index contributed by atoms with van der Waals surface area (Å²) >= 11 is 0. The minimum Gasteiger partial charge on any atom is -0.326 e. The molecule has 0 spiro atoms. The third kappa shape index (κ3) is 3.22. The van der Waals surface area contributed by atoms with Gasteiger partial charge in [0.25, 0.3) is 0 Å². The van der Waals surface area contributed by atoms with E-state index in [9.17, 15) is 4.79 Å². The van der Waals surface area contributed by atoms with Gasteiger partial charge >= 0.3 is 0 Å².